The minimum absolute atomic E-state index is 0.135. The Morgan fingerprint density at radius 2 is 2.47 bits per heavy atom. The Kier molecular flexibility index (Phi) is 3.71. The summed E-state index contributed by atoms with van der Waals surface area (Å²) >= 11 is 0. The summed E-state index contributed by atoms with van der Waals surface area (Å²) in [5.74, 6) is -0.135. The average Bonchev–Trinajstić information content (AvgIpc) is 2.76. The van der Waals surface area contributed by atoms with Gasteiger partial charge in [-0.1, -0.05) is 6.07 Å². The van der Waals surface area contributed by atoms with E-state index in [1.54, 1.807) is 18.3 Å². The number of rotatable bonds is 4. The lowest BCUT2D eigenvalue weighted by molar-refractivity contribution is -0.121. The molecule has 1 aromatic heterocycles. The summed E-state index contributed by atoms with van der Waals surface area (Å²) in [7, 11) is 0. The van der Waals surface area contributed by atoms with Gasteiger partial charge in [0.2, 0.25) is 5.91 Å². The molecule has 1 fully saturated rings. The Hall–Kier alpha value is -1.46. The molecule has 2 N–H and O–H groups in total. The lowest BCUT2D eigenvalue weighted by Gasteiger charge is -2.20. The van der Waals surface area contributed by atoms with E-state index in [1.807, 2.05) is 6.07 Å². The van der Waals surface area contributed by atoms with Crippen LogP contribution in [0.1, 0.15) is 12.1 Å². The highest BCUT2D eigenvalue weighted by atomic mass is 16.5. The number of pyridine rings is 1. The summed E-state index contributed by atoms with van der Waals surface area (Å²) in [6.07, 6.45) is 2.45. The third kappa shape index (κ3) is 3.51. The van der Waals surface area contributed by atoms with Crippen LogP contribution in [0.2, 0.25) is 0 Å². The summed E-state index contributed by atoms with van der Waals surface area (Å²) in [4.78, 5) is 15.7. The molecule has 1 unspecified atom stereocenters. The van der Waals surface area contributed by atoms with Crippen molar-refractivity contribution in [2.24, 2.45) is 0 Å². The molecule has 1 atom stereocenters. The van der Waals surface area contributed by atoms with E-state index >= 15 is 0 Å². The number of hydrogen-bond acceptors (Lipinski definition) is 4. The lowest BCUT2D eigenvalue weighted by Crippen LogP contribution is -2.43. The van der Waals surface area contributed by atoms with Crippen LogP contribution in [-0.4, -0.2) is 41.4 Å². The molecule has 1 amide bonds. The van der Waals surface area contributed by atoms with Gasteiger partial charge in [0.15, 0.2) is 0 Å². The fraction of sp³-hybridized carbons (Fsp3) is 0.500. The molecule has 5 heteroatoms. The Labute approximate surface area is 99.8 Å². The highest BCUT2D eigenvalue weighted by molar-refractivity contribution is 5.78. The van der Waals surface area contributed by atoms with Gasteiger partial charge in [-0.2, -0.15) is 0 Å². The number of nitrogens with one attached hydrogen (secondary N) is 1. The molecular weight excluding hydrogens is 220 g/mol. The van der Waals surface area contributed by atoms with E-state index in [4.69, 9.17) is 4.74 Å². The Bertz CT molecular complexity index is 375. The zero-order valence-electron chi connectivity index (χ0n) is 9.56. The third-order valence-corrected chi connectivity index (χ3v) is 2.76. The molecule has 0 radical (unpaired) electrons. The van der Waals surface area contributed by atoms with Crippen LogP contribution in [0.4, 0.5) is 0 Å². The molecule has 0 aliphatic carbocycles. The van der Waals surface area contributed by atoms with Gasteiger partial charge in [0.1, 0.15) is 5.60 Å². The first-order valence-electron chi connectivity index (χ1n) is 5.65. The van der Waals surface area contributed by atoms with Crippen LogP contribution in [0.25, 0.3) is 0 Å². The van der Waals surface area contributed by atoms with Gasteiger partial charge in [-0.15, -0.1) is 0 Å². The number of hydrogen-bond donors (Lipinski definition) is 2. The van der Waals surface area contributed by atoms with Crippen molar-refractivity contribution >= 4 is 5.91 Å². The molecule has 17 heavy (non-hydrogen) atoms. The molecule has 92 valence electrons. The number of nitrogens with zero attached hydrogens (tertiary/aromatic N) is 1. The first-order chi connectivity index (χ1) is 8.18. The smallest absolute Gasteiger partial charge is 0.226 e. The van der Waals surface area contributed by atoms with Gasteiger partial charge in [0, 0.05) is 31.5 Å². The Morgan fingerprint density at radius 1 is 1.59 bits per heavy atom. The number of carbonyl (C=O) groups excluding carboxylic acids is 1. The van der Waals surface area contributed by atoms with Crippen molar-refractivity contribution in [3.8, 4) is 0 Å². The fourth-order valence-corrected chi connectivity index (χ4v) is 1.73. The predicted octanol–water partition coefficient (Wildman–Crippen LogP) is -0.108. The van der Waals surface area contributed by atoms with E-state index < -0.39 is 5.60 Å². The zero-order valence-corrected chi connectivity index (χ0v) is 9.56. The van der Waals surface area contributed by atoms with Gasteiger partial charge in [-0.3, -0.25) is 9.78 Å². The maximum atomic E-state index is 11.6. The molecule has 0 saturated carbocycles. The molecule has 1 aliphatic heterocycles. The van der Waals surface area contributed by atoms with Gasteiger partial charge in [-0.25, -0.2) is 0 Å². The standard InChI is InChI=1S/C12H16N2O3/c15-11(7-10-3-1-2-5-13-10)14-8-12(16)4-6-17-9-12/h1-3,5,16H,4,6-9H2,(H,14,15). The van der Waals surface area contributed by atoms with Crippen LogP contribution < -0.4 is 5.32 Å². The first kappa shape index (κ1) is 12.0. The molecule has 1 aliphatic rings. The van der Waals surface area contributed by atoms with Crippen molar-refractivity contribution in [2.45, 2.75) is 18.4 Å². The number of carbonyl (C=O) groups is 1. The van der Waals surface area contributed by atoms with Crippen molar-refractivity contribution in [1.29, 1.82) is 0 Å². The summed E-state index contributed by atoms with van der Waals surface area (Å²) in [6.45, 7) is 1.07. The second kappa shape index (κ2) is 5.25. The Balaban J connectivity index is 1.78. The average molecular weight is 236 g/mol. The summed E-state index contributed by atoms with van der Waals surface area (Å²) in [5, 5.41) is 12.7. The molecule has 5 nitrogen and oxygen atoms in total. The van der Waals surface area contributed by atoms with Crippen LogP contribution >= 0.6 is 0 Å². The van der Waals surface area contributed by atoms with Crippen LogP contribution in [-0.2, 0) is 16.0 Å². The molecule has 1 saturated heterocycles. The molecular formula is C12H16N2O3. The highest BCUT2D eigenvalue weighted by Crippen LogP contribution is 2.16. The molecule has 2 rings (SSSR count). The van der Waals surface area contributed by atoms with Gasteiger partial charge in [0.05, 0.1) is 13.0 Å². The minimum atomic E-state index is -0.903. The van der Waals surface area contributed by atoms with E-state index in [9.17, 15) is 9.90 Å². The van der Waals surface area contributed by atoms with Crippen molar-refractivity contribution in [3.63, 3.8) is 0 Å². The van der Waals surface area contributed by atoms with Gasteiger partial charge < -0.3 is 15.2 Å². The van der Waals surface area contributed by atoms with Crippen molar-refractivity contribution in [1.82, 2.24) is 10.3 Å². The molecule has 0 bridgehead atoms. The van der Waals surface area contributed by atoms with E-state index in [2.05, 4.69) is 10.3 Å². The maximum absolute atomic E-state index is 11.6. The van der Waals surface area contributed by atoms with Crippen molar-refractivity contribution in [2.75, 3.05) is 19.8 Å². The second-order valence-corrected chi connectivity index (χ2v) is 4.30. The van der Waals surface area contributed by atoms with Crippen molar-refractivity contribution < 1.29 is 14.6 Å². The summed E-state index contributed by atoms with van der Waals surface area (Å²) < 4.78 is 5.10. The summed E-state index contributed by atoms with van der Waals surface area (Å²) in [6, 6.07) is 5.45. The van der Waals surface area contributed by atoms with Crippen LogP contribution in [0.15, 0.2) is 24.4 Å². The first-order valence-corrected chi connectivity index (χ1v) is 5.65. The number of aliphatic hydroxyl groups is 1. The van der Waals surface area contributed by atoms with Crippen LogP contribution in [0, 0.1) is 0 Å². The molecule has 0 aromatic carbocycles. The molecule has 0 spiro atoms. The largest absolute Gasteiger partial charge is 0.386 e. The quantitative estimate of drug-likeness (QED) is 0.765. The Morgan fingerprint density at radius 3 is 3.12 bits per heavy atom. The second-order valence-electron chi connectivity index (χ2n) is 4.30. The summed E-state index contributed by atoms with van der Waals surface area (Å²) in [5.41, 5.74) is -0.181. The fourth-order valence-electron chi connectivity index (χ4n) is 1.73. The van der Waals surface area contributed by atoms with E-state index in [0.29, 0.717) is 13.0 Å². The zero-order chi connectivity index (χ0) is 12.1. The number of ether oxygens (including phenoxy) is 1. The van der Waals surface area contributed by atoms with Crippen LogP contribution in [0.5, 0.6) is 0 Å². The number of amides is 1. The van der Waals surface area contributed by atoms with E-state index in [1.165, 1.54) is 0 Å². The van der Waals surface area contributed by atoms with Gasteiger partial charge >= 0.3 is 0 Å². The molecule has 1 aromatic rings. The van der Waals surface area contributed by atoms with E-state index in [-0.39, 0.29) is 25.5 Å². The molecule has 2 heterocycles. The van der Waals surface area contributed by atoms with E-state index in [0.717, 1.165) is 5.69 Å². The topological polar surface area (TPSA) is 71.5 Å². The predicted molar refractivity (Wildman–Crippen MR) is 61.3 cm³/mol. The minimum Gasteiger partial charge on any atom is -0.386 e. The third-order valence-electron chi connectivity index (χ3n) is 2.76. The normalized spacial score (nSPS) is 23.6. The van der Waals surface area contributed by atoms with Gasteiger partial charge in [0.25, 0.3) is 0 Å². The van der Waals surface area contributed by atoms with Crippen molar-refractivity contribution in [3.05, 3.63) is 30.1 Å². The number of aromatic nitrogens is 1. The van der Waals surface area contributed by atoms with Crippen LogP contribution in [0.3, 0.4) is 0 Å². The lowest BCUT2D eigenvalue weighted by atomic mass is 10.0. The highest BCUT2D eigenvalue weighted by Gasteiger charge is 2.32. The maximum Gasteiger partial charge on any atom is 0.226 e. The monoisotopic (exact) mass is 236 g/mol. The van der Waals surface area contributed by atoms with Gasteiger partial charge in [-0.05, 0) is 12.1 Å². The SMILES string of the molecule is O=C(Cc1ccccn1)NCC1(O)CCOC1.